The lowest BCUT2D eigenvalue weighted by atomic mass is 9.83. The molecule has 0 aromatic rings. The molecule has 1 heterocycles. The zero-order valence-electron chi connectivity index (χ0n) is 6.29. The maximum Gasteiger partial charge on any atom is 0.163 e. The zero-order chi connectivity index (χ0) is 7.73. The van der Waals surface area contributed by atoms with Gasteiger partial charge in [0, 0.05) is 5.92 Å². The van der Waals surface area contributed by atoms with Gasteiger partial charge < -0.3 is 4.74 Å². The summed E-state index contributed by atoms with van der Waals surface area (Å²) in [5.74, 6) is 0.0428. The topological polar surface area (TPSA) is 9.23 Å². The molecule has 0 saturated carbocycles. The monoisotopic (exact) mass is 154 g/mol. The molecular weight excluding hydrogens is 143 g/mol. The fourth-order valence-electron chi connectivity index (χ4n) is 1.48. The normalized spacial score (nSPS) is 33.4. The summed E-state index contributed by atoms with van der Waals surface area (Å²) in [6.07, 6.45) is 8.62. The van der Waals surface area contributed by atoms with Crippen molar-refractivity contribution in [2.75, 3.05) is 13.2 Å². The van der Waals surface area contributed by atoms with Gasteiger partial charge in [-0.15, -0.1) is 0 Å². The minimum absolute atomic E-state index is 0.0428. The number of hydrogen-bond donors (Lipinski definition) is 0. The highest BCUT2D eigenvalue weighted by Gasteiger charge is 2.44. The van der Waals surface area contributed by atoms with Gasteiger partial charge in [-0.1, -0.05) is 24.3 Å². The van der Waals surface area contributed by atoms with Gasteiger partial charge in [0.05, 0.1) is 13.2 Å². The molecule has 0 aromatic heterocycles. The highest BCUT2D eigenvalue weighted by atomic mass is 19.1. The largest absolute Gasteiger partial charge is 0.375 e. The Balaban J connectivity index is 2.04. The second kappa shape index (κ2) is 2.45. The molecular formula is C9H11FO. The van der Waals surface area contributed by atoms with Crippen LogP contribution in [-0.2, 0) is 4.74 Å². The molecule has 0 N–H and O–H groups in total. The number of ether oxygens (including phenoxy) is 1. The lowest BCUT2D eigenvalue weighted by Crippen LogP contribution is -2.50. The van der Waals surface area contributed by atoms with Gasteiger partial charge in [-0.2, -0.15) is 0 Å². The molecule has 1 nitrogen and oxygen atoms in total. The van der Waals surface area contributed by atoms with Crippen LogP contribution in [-0.4, -0.2) is 18.9 Å². The predicted octanol–water partition coefficient (Wildman–Crippen LogP) is 1.86. The first-order valence-corrected chi connectivity index (χ1v) is 3.91. The fourth-order valence-corrected chi connectivity index (χ4v) is 1.48. The summed E-state index contributed by atoms with van der Waals surface area (Å²) < 4.78 is 18.4. The van der Waals surface area contributed by atoms with Gasteiger partial charge in [-0.3, -0.25) is 0 Å². The van der Waals surface area contributed by atoms with Crippen molar-refractivity contribution >= 4 is 0 Å². The molecule has 1 atom stereocenters. The van der Waals surface area contributed by atoms with E-state index >= 15 is 0 Å². The van der Waals surface area contributed by atoms with Crippen molar-refractivity contribution in [3.8, 4) is 0 Å². The smallest absolute Gasteiger partial charge is 0.163 e. The SMILES string of the molecule is FC1(C2C=CC=CC2)COC1. The van der Waals surface area contributed by atoms with Crippen LogP contribution in [0.5, 0.6) is 0 Å². The van der Waals surface area contributed by atoms with Crippen molar-refractivity contribution in [2.45, 2.75) is 12.1 Å². The van der Waals surface area contributed by atoms with Crippen LogP contribution in [0, 0.1) is 5.92 Å². The van der Waals surface area contributed by atoms with Crippen LogP contribution in [0.4, 0.5) is 4.39 Å². The van der Waals surface area contributed by atoms with Gasteiger partial charge in [0.15, 0.2) is 5.67 Å². The molecule has 11 heavy (non-hydrogen) atoms. The predicted molar refractivity (Wildman–Crippen MR) is 41.0 cm³/mol. The van der Waals surface area contributed by atoms with E-state index in [1.54, 1.807) is 0 Å². The van der Waals surface area contributed by atoms with E-state index in [1.807, 2.05) is 24.3 Å². The lowest BCUT2D eigenvalue weighted by molar-refractivity contribution is -0.150. The average Bonchev–Trinajstić information content (AvgIpc) is 2.02. The molecule has 0 spiro atoms. The Bertz CT molecular complexity index is 204. The zero-order valence-corrected chi connectivity index (χ0v) is 6.29. The molecule has 2 heteroatoms. The van der Waals surface area contributed by atoms with Crippen molar-refractivity contribution < 1.29 is 9.13 Å². The highest BCUT2D eigenvalue weighted by molar-refractivity contribution is 5.16. The third-order valence-corrected chi connectivity index (χ3v) is 2.33. The van der Waals surface area contributed by atoms with E-state index in [-0.39, 0.29) is 19.1 Å². The molecule has 0 bridgehead atoms. The minimum Gasteiger partial charge on any atom is -0.375 e. The summed E-state index contributed by atoms with van der Waals surface area (Å²) in [5.41, 5.74) is -1.07. The number of rotatable bonds is 1. The quantitative estimate of drug-likeness (QED) is 0.560. The first kappa shape index (κ1) is 7.04. The highest BCUT2D eigenvalue weighted by Crippen LogP contribution is 2.35. The Kier molecular flexibility index (Phi) is 1.57. The Labute approximate surface area is 65.5 Å². The third-order valence-electron chi connectivity index (χ3n) is 2.33. The van der Waals surface area contributed by atoms with E-state index in [9.17, 15) is 4.39 Å². The molecule has 0 amide bonds. The Morgan fingerprint density at radius 1 is 1.36 bits per heavy atom. The second-order valence-corrected chi connectivity index (χ2v) is 3.18. The van der Waals surface area contributed by atoms with Crippen LogP contribution in [0.2, 0.25) is 0 Å². The number of alkyl halides is 1. The molecule has 60 valence electrons. The van der Waals surface area contributed by atoms with E-state index in [4.69, 9.17) is 4.74 Å². The molecule has 0 aromatic carbocycles. The molecule has 1 unspecified atom stereocenters. The standard InChI is InChI=1S/C9H11FO/c10-9(6-11-7-9)8-4-2-1-3-5-8/h1-4,8H,5-7H2. The van der Waals surface area contributed by atoms with E-state index < -0.39 is 5.67 Å². The third kappa shape index (κ3) is 1.11. The summed E-state index contributed by atoms with van der Waals surface area (Å²) in [7, 11) is 0. The minimum atomic E-state index is -1.07. The Morgan fingerprint density at radius 3 is 2.64 bits per heavy atom. The second-order valence-electron chi connectivity index (χ2n) is 3.18. The van der Waals surface area contributed by atoms with Crippen molar-refractivity contribution in [1.29, 1.82) is 0 Å². The molecule has 2 aliphatic rings. The van der Waals surface area contributed by atoms with E-state index in [0.717, 1.165) is 6.42 Å². The van der Waals surface area contributed by atoms with Crippen LogP contribution >= 0.6 is 0 Å². The summed E-state index contributed by atoms with van der Waals surface area (Å²) in [6.45, 7) is 0.547. The van der Waals surface area contributed by atoms with Crippen LogP contribution in [0.15, 0.2) is 24.3 Å². The summed E-state index contributed by atoms with van der Waals surface area (Å²) in [6, 6.07) is 0. The first-order valence-electron chi connectivity index (χ1n) is 3.91. The van der Waals surface area contributed by atoms with Gasteiger partial charge in [0.2, 0.25) is 0 Å². The number of halogens is 1. The molecule has 0 radical (unpaired) electrons. The number of allylic oxidation sites excluding steroid dienone is 4. The van der Waals surface area contributed by atoms with Crippen LogP contribution < -0.4 is 0 Å². The molecule has 1 aliphatic carbocycles. The van der Waals surface area contributed by atoms with E-state index in [2.05, 4.69) is 0 Å². The fraction of sp³-hybridized carbons (Fsp3) is 0.556. The van der Waals surface area contributed by atoms with Crippen LogP contribution in [0.1, 0.15) is 6.42 Å². The average molecular weight is 154 g/mol. The summed E-state index contributed by atoms with van der Waals surface area (Å²) in [4.78, 5) is 0. The van der Waals surface area contributed by atoms with Gasteiger partial charge in [0.1, 0.15) is 0 Å². The van der Waals surface area contributed by atoms with Gasteiger partial charge >= 0.3 is 0 Å². The molecule has 1 saturated heterocycles. The maximum atomic E-state index is 13.6. The number of hydrogen-bond acceptors (Lipinski definition) is 1. The van der Waals surface area contributed by atoms with Crippen LogP contribution in [0.3, 0.4) is 0 Å². The summed E-state index contributed by atoms with van der Waals surface area (Å²) >= 11 is 0. The maximum absolute atomic E-state index is 13.6. The van der Waals surface area contributed by atoms with Crippen molar-refractivity contribution in [3.63, 3.8) is 0 Å². The molecule has 2 rings (SSSR count). The first-order chi connectivity index (χ1) is 5.31. The van der Waals surface area contributed by atoms with Crippen LogP contribution in [0.25, 0.3) is 0 Å². The lowest BCUT2D eigenvalue weighted by Gasteiger charge is -2.39. The van der Waals surface area contributed by atoms with Gasteiger partial charge in [0.25, 0.3) is 0 Å². The molecule has 1 fully saturated rings. The summed E-state index contributed by atoms with van der Waals surface area (Å²) in [5, 5.41) is 0. The van der Waals surface area contributed by atoms with E-state index in [1.165, 1.54) is 0 Å². The van der Waals surface area contributed by atoms with Crippen molar-refractivity contribution in [3.05, 3.63) is 24.3 Å². The van der Waals surface area contributed by atoms with E-state index in [0.29, 0.717) is 0 Å². The Hall–Kier alpha value is -0.630. The van der Waals surface area contributed by atoms with Crippen molar-refractivity contribution in [1.82, 2.24) is 0 Å². The molecule has 1 aliphatic heterocycles. The van der Waals surface area contributed by atoms with Gasteiger partial charge in [-0.25, -0.2) is 4.39 Å². The van der Waals surface area contributed by atoms with Gasteiger partial charge in [-0.05, 0) is 6.42 Å². The Morgan fingerprint density at radius 2 is 2.18 bits per heavy atom. The van der Waals surface area contributed by atoms with Crippen molar-refractivity contribution in [2.24, 2.45) is 5.92 Å².